The molecule has 0 amide bonds. The van der Waals surface area contributed by atoms with Crippen molar-refractivity contribution in [2.45, 2.75) is 51.0 Å². The van der Waals surface area contributed by atoms with E-state index in [4.69, 9.17) is 21.3 Å². The van der Waals surface area contributed by atoms with Crippen LogP contribution in [-0.2, 0) is 4.74 Å². The molecule has 1 aliphatic carbocycles. The molecule has 1 saturated carbocycles. The minimum atomic E-state index is 0.510. The Morgan fingerprint density at radius 1 is 1.04 bits per heavy atom. The average molecular weight is 401 g/mol. The van der Waals surface area contributed by atoms with Gasteiger partial charge in [0.25, 0.3) is 0 Å². The van der Waals surface area contributed by atoms with E-state index in [9.17, 15) is 0 Å². The monoisotopic (exact) mass is 400 g/mol. The van der Waals surface area contributed by atoms with Crippen molar-refractivity contribution in [2.24, 2.45) is 5.92 Å². The molecule has 2 aromatic rings. The molecule has 28 heavy (non-hydrogen) atoms. The van der Waals surface area contributed by atoms with Gasteiger partial charge in [0.15, 0.2) is 0 Å². The van der Waals surface area contributed by atoms with E-state index in [0.717, 1.165) is 55.5 Å². The van der Waals surface area contributed by atoms with Gasteiger partial charge in [-0.1, -0.05) is 36.9 Å². The van der Waals surface area contributed by atoms with Crippen LogP contribution >= 0.6 is 11.6 Å². The van der Waals surface area contributed by atoms with E-state index in [1.807, 2.05) is 24.3 Å². The van der Waals surface area contributed by atoms with Crippen molar-refractivity contribution in [3.05, 3.63) is 35.5 Å². The standard InChI is InChI=1S/C22H29ClN4O/c23-19-15-25-22(26-17-5-2-1-3-6-17)13-18(19)20-7-4-8-21(27-20)24-14-16-9-11-28-12-10-16/h4,7-8,13,15-17H,1-3,5-6,9-12,14H2,(H,24,27)(H,25,26). The quantitative estimate of drug-likeness (QED) is 0.681. The van der Waals surface area contributed by atoms with Crippen LogP contribution in [0.25, 0.3) is 11.3 Å². The first-order valence-corrected chi connectivity index (χ1v) is 10.9. The minimum absolute atomic E-state index is 0.510. The third kappa shape index (κ3) is 5.15. The summed E-state index contributed by atoms with van der Waals surface area (Å²) < 4.78 is 5.44. The van der Waals surface area contributed by atoms with Gasteiger partial charge in [0.2, 0.25) is 0 Å². The van der Waals surface area contributed by atoms with Crippen molar-refractivity contribution < 1.29 is 4.74 Å². The van der Waals surface area contributed by atoms with Gasteiger partial charge >= 0.3 is 0 Å². The Morgan fingerprint density at radius 2 is 1.86 bits per heavy atom. The molecule has 1 aliphatic heterocycles. The number of hydrogen-bond donors (Lipinski definition) is 2. The van der Waals surface area contributed by atoms with Gasteiger partial charge in [-0.3, -0.25) is 0 Å². The smallest absolute Gasteiger partial charge is 0.126 e. The van der Waals surface area contributed by atoms with Crippen LogP contribution in [0.5, 0.6) is 0 Å². The minimum Gasteiger partial charge on any atom is -0.381 e. The fourth-order valence-electron chi connectivity index (χ4n) is 4.05. The summed E-state index contributed by atoms with van der Waals surface area (Å²) in [5.74, 6) is 2.42. The van der Waals surface area contributed by atoms with Crippen LogP contribution in [-0.4, -0.2) is 35.8 Å². The number of nitrogens with one attached hydrogen (secondary N) is 2. The fourth-order valence-corrected chi connectivity index (χ4v) is 4.25. The van der Waals surface area contributed by atoms with Crippen LogP contribution in [0.15, 0.2) is 30.5 Å². The second kappa shape index (κ2) is 9.57. The molecule has 0 radical (unpaired) electrons. The van der Waals surface area contributed by atoms with E-state index >= 15 is 0 Å². The Balaban J connectivity index is 1.45. The molecule has 0 unspecified atom stereocenters. The number of rotatable bonds is 6. The highest BCUT2D eigenvalue weighted by atomic mass is 35.5. The van der Waals surface area contributed by atoms with E-state index in [1.54, 1.807) is 6.20 Å². The van der Waals surface area contributed by atoms with Crippen LogP contribution < -0.4 is 10.6 Å². The summed E-state index contributed by atoms with van der Waals surface area (Å²) in [5, 5.41) is 7.69. The van der Waals surface area contributed by atoms with Crippen LogP contribution in [0.3, 0.4) is 0 Å². The topological polar surface area (TPSA) is 59.1 Å². The van der Waals surface area contributed by atoms with E-state index in [1.165, 1.54) is 32.1 Å². The Morgan fingerprint density at radius 3 is 2.68 bits per heavy atom. The Hall–Kier alpha value is -1.85. The van der Waals surface area contributed by atoms with Crippen molar-refractivity contribution in [3.8, 4) is 11.3 Å². The van der Waals surface area contributed by atoms with Gasteiger partial charge in [0.05, 0.1) is 10.7 Å². The molecule has 0 atom stereocenters. The normalized spacial score (nSPS) is 18.8. The van der Waals surface area contributed by atoms with Gasteiger partial charge in [0.1, 0.15) is 11.6 Å². The van der Waals surface area contributed by atoms with Crippen LogP contribution in [0, 0.1) is 5.92 Å². The molecule has 2 aliphatic rings. The molecule has 3 heterocycles. The van der Waals surface area contributed by atoms with Gasteiger partial charge in [-0.25, -0.2) is 9.97 Å². The first kappa shape index (κ1) is 19.5. The molecule has 6 heteroatoms. The largest absolute Gasteiger partial charge is 0.381 e. The summed E-state index contributed by atoms with van der Waals surface area (Å²) in [5.41, 5.74) is 1.79. The summed E-state index contributed by atoms with van der Waals surface area (Å²) in [4.78, 5) is 9.27. The molecule has 0 bridgehead atoms. The zero-order valence-electron chi connectivity index (χ0n) is 16.3. The Kier molecular flexibility index (Phi) is 6.65. The van der Waals surface area contributed by atoms with E-state index in [2.05, 4.69) is 15.6 Å². The summed E-state index contributed by atoms with van der Waals surface area (Å²) in [7, 11) is 0. The Labute approximate surface area is 172 Å². The zero-order valence-corrected chi connectivity index (χ0v) is 17.0. The first-order chi connectivity index (χ1) is 13.8. The van der Waals surface area contributed by atoms with Gasteiger partial charge < -0.3 is 15.4 Å². The molecule has 4 rings (SSSR count). The summed E-state index contributed by atoms with van der Waals surface area (Å²) in [6.45, 7) is 2.66. The maximum Gasteiger partial charge on any atom is 0.126 e. The lowest BCUT2D eigenvalue weighted by atomic mass is 9.95. The maximum absolute atomic E-state index is 6.46. The third-order valence-electron chi connectivity index (χ3n) is 5.75. The molecule has 2 aromatic heterocycles. The highest BCUT2D eigenvalue weighted by Crippen LogP contribution is 2.30. The summed E-state index contributed by atoms with van der Waals surface area (Å²) >= 11 is 6.46. The molecule has 0 aromatic carbocycles. The van der Waals surface area contributed by atoms with Gasteiger partial charge in [0, 0.05) is 37.6 Å². The van der Waals surface area contributed by atoms with Crippen molar-refractivity contribution in [2.75, 3.05) is 30.4 Å². The van der Waals surface area contributed by atoms with Crippen LogP contribution in [0.1, 0.15) is 44.9 Å². The second-order valence-corrected chi connectivity index (χ2v) is 8.28. The Bertz CT molecular complexity index is 773. The third-order valence-corrected chi connectivity index (χ3v) is 6.05. The molecule has 5 nitrogen and oxygen atoms in total. The van der Waals surface area contributed by atoms with Gasteiger partial charge in [-0.2, -0.15) is 0 Å². The molecule has 2 N–H and O–H groups in total. The number of pyridine rings is 2. The fraction of sp³-hybridized carbons (Fsp3) is 0.545. The lowest BCUT2D eigenvalue weighted by Gasteiger charge is -2.23. The van der Waals surface area contributed by atoms with Gasteiger partial charge in [-0.05, 0) is 49.8 Å². The molecule has 150 valence electrons. The van der Waals surface area contributed by atoms with Crippen LogP contribution in [0.4, 0.5) is 11.6 Å². The average Bonchev–Trinajstić information content (AvgIpc) is 2.75. The number of halogens is 1. The number of nitrogens with zero attached hydrogens (tertiary/aromatic N) is 2. The number of hydrogen-bond acceptors (Lipinski definition) is 5. The van der Waals surface area contributed by atoms with E-state index in [-0.39, 0.29) is 0 Å². The maximum atomic E-state index is 6.46. The SMILES string of the molecule is Clc1cnc(NC2CCCCC2)cc1-c1cccc(NCC2CCOCC2)n1. The van der Waals surface area contributed by atoms with Crippen molar-refractivity contribution in [1.82, 2.24) is 9.97 Å². The molecular weight excluding hydrogens is 372 g/mol. The predicted octanol–water partition coefficient (Wildman–Crippen LogP) is 5.38. The highest BCUT2D eigenvalue weighted by Gasteiger charge is 2.16. The van der Waals surface area contributed by atoms with E-state index < -0.39 is 0 Å². The van der Waals surface area contributed by atoms with Crippen molar-refractivity contribution in [1.29, 1.82) is 0 Å². The summed E-state index contributed by atoms with van der Waals surface area (Å²) in [6, 6.07) is 8.58. The first-order valence-electron chi connectivity index (χ1n) is 10.5. The molecular formula is C22H29ClN4O. The van der Waals surface area contributed by atoms with Gasteiger partial charge in [-0.15, -0.1) is 0 Å². The lowest BCUT2D eigenvalue weighted by molar-refractivity contribution is 0.0699. The molecule has 2 fully saturated rings. The van der Waals surface area contributed by atoms with Crippen molar-refractivity contribution >= 4 is 23.2 Å². The second-order valence-electron chi connectivity index (χ2n) is 7.87. The number of ether oxygens (including phenoxy) is 1. The molecule has 0 spiro atoms. The zero-order chi connectivity index (χ0) is 19.2. The van der Waals surface area contributed by atoms with E-state index in [0.29, 0.717) is 17.0 Å². The molecule has 1 saturated heterocycles. The lowest BCUT2D eigenvalue weighted by Crippen LogP contribution is -2.23. The predicted molar refractivity (Wildman–Crippen MR) is 115 cm³/mol. The van der Waals surface area contributed by atoms with Crippen LogP contribution in [0.2, 0.25) is 5.02 Å². The number of aromatic nitrogens is 2. The number of anilines is 2. The van der Waals surface area contributed by atoms with Crippen molar-refractivity contribution in [3.63, 3.8) is 0 Å². The highest BCUT2D eigenvalue weighted by molar-refractivity contribution is 6.33. The summed E-state index contributed by atoms with van der Waals surface area (Å²) in [6.07, 6.45) is 10.3.